The standard InChI is InChI=1S/C18H26N2O/c1-4-11-19-13-18-16(14-20(6-3)12-5-2)15-9-7-8-10-17(15)21-18/h5,7-10,19H,2,4,6,11-14H2,1,3H3. The molecule has 2 aromatic rings. The first-order chi connectivity index (χ1) is 10.3. The van der Waals surface area contributed by atoms with Crippen molar-refractivity contribution in [3.05, 3.63) is 48.2 Å². The van der Waals surface area contributed by atoms with Crippen LogP contribution < -0.4 is 5.32 Å². The number of nitrogens with zero attached hydrogens (tertiary/aromatic N) is 1. The maximum atomic E-state index is 6.05. The number of likely N-dealkylation sites (N-methyl/N-ethyl adjacent to an activating group) is 1. The first-order valence-corrected chi connectivity index (χ1v) is 7.83. The van der Waals surface area contributed by atoms with Gasteiger partial charge in [-0.05, 0) is 25.6 Å². The average molecular weight is 286 g/mol. The lowest BCUT2D eigenvalue weighted by Gasteiger charge is -2.18. The van der Waals surface area contributed by atoms with Crippen LogP contribution in [0.5, 0.6) is 0 Å². The van der Waals surface area contributed by atoms with Crippen molar-refractivity contribution in [2.75, 3.05) is 19.6 Å². The molecule has 1 aromatic heterocycles. The van der Waals surface area contributed by atoms with E-state index in [4.69, 9.17) is 4.42 Å². The Morgan fingerprint density at radius 3 is 2.81 bits per heavy atom. The fraction of sp³-hybridized carbons (Fsp3) is 0.444. The van der Waals surface area contributed by atoms with Gasteiger partial charge >= 0.3 is 0 Å². The van der Waals surface area contributed by atoms with Crippen molar-refractivity contribution >= 4 is 11.0 Å². The summed E-state index contributed by atoms with van der Waals surface area (Å²) in [6.07, 6.45) is 3.09. The van der Waals surface area contributed by atoms with Crippen molar-refractivity contribution < 1.29 is 4.42 Å². The lowest BCUT2D eigenvalue weighted by Crippen LogP contribution is -2.24. The van der Waals surface area contributed by atoms with Gasteiger partial charge in [-0.15, -0.1) is 6.58 Å². The molecule has 0 unspecified atom stereocenters. The molecule has 0 atom stereocenters. The molecule has 1 N–H and O–H groups in total. The van der Waals surface area contributed by atoms with E-state index in [2.05, 4.69) is 42.8 Å². The summed E-state index contributed by atoms with van der Waals surface area (Å²) in [7, 11) is 0. The molecule has 0 spiro atoms. The highest BCUT2D eigenvalue weighted by Crippen LogP contribution is 2.27. The van der Waals surface area contributed by atoms with Gasteiger partial charge in [-0.25, -0.2) is 0 Å². The van der Waals surface area contributed by atoms with Crippen LogP contribution in [-0.2, 0) is 13.1 Å². The van der Waals surface area contributed by atoms with Crippen LogP contribution in [0.15, 0.2) is 41.3 Å². The quantitative estimate of drug-likeness (QED) is 0.559. The zero-order valence-corrected chi connectivity index (χ0v) is 13.2. The van der Waals surface area contributed by atoms with Gasteiger partial charge in [0.05, 0.1) is 6.54 Å². The van der Waals surface area contributed by atoms with Gasteiger partial charge < -0.3 is 9.73 Å². The van der Waals surface area contributed by atoms with Crippen molar-refractivity contribution in [1.82, 2.24) is 10.2 Å². The Kier molecular flexibility index (Phi) is 6.03. The van der Waals surface area contributed by atoms with E-state index < -0.39 is 0 Å². The van der Waals surface area contributed by atoms with E-state index in [-0.39, 0.29) is 0 Å². The van der Waals surface area contributed by atoms with Crippen LogP contribution in [0.3, 0.4) is 0 Å². The van der Waals surface area contributed by atoms with E-state index in [1.54, 1.807) is 0 Å². The molecule has 0 aliphatic carbocycles. The van der Waals surface area contributed by atoms with Gasteiger partial charge in [-0.1, -0.05) is 38.1 Å². The maximum absolute atomic E-state index is 6.05. The third-order valence-corrected chi connectivity index (χ3v) is 3.71. The second-order valence-corrected chi connectivity index (χ2v) is 5.29. The normalized spacial score (nSPS) is 11.4. The second kappa shape index (κ2) is 8.01. The fourth-order valence-corrected chi connectivity index (χ4v) is 2.56. The lowest BCUT2D eigenvalue weighted by molar-refractivity contribution is 0.308. The molecule has 114 valence electrons. The maximum Gasteiger partial charge on any atom is 0.134 e. The van der Waals surface area contributed by atoms with E-state index in [9.17, 15) is 0 Å². The SMILES string of the molecule is C=CCN(CC)Cc1c(CNCCC)oc2ccccc12. The van der Waals surface area contributed by atoms with Crippen LogP contribution in [0.25, 0.3) is 11.0 Å². The van der Waals surface area contributed by atoms with E-state index in [0.717, 1.165) is 50.5 Å². The number of furan rings is 1. The molecule has 21 heavy (non-hydrogen) atoms. The van der Waals surface area contributed by atoms with Gasteiger partial charge in [0.25, 0.3) is 0 Å². The van der Waals surface area contributed by atoms with Crippen LogP contribution in [-0.4, -0.2) is 24.5 Å². The number of hydrogen-bond acceptors (Lipinski definition) is 3. The molecule has 0 saturated carbocycles. The van der Waals surface area contributed by atoms with Crippen LogP contribution in [0, 0.1) is 0 Å². The molecular formula is C18H26N2O. The zero-order chi connectivity index (χ0) is 15.1. The number of rotatable bonds is 9. The highest BCUT2D eigenvalue weighted by Gasteiger charge is 2.15. The molecule has 2 rings (SSSR count). The van der Waals surface area contributed by atoms with E-state index in [0.29, 0.717) is 0 Å². The summed E-state index contributed by atoms with van der Waals surface area (Å²) < 4.78 is 6.05. The van der Waals surface area contributed by atoms with Crippen LogP contribution >= 0.6 is 0 Å². The lowest BCUT2D eigenvalue weighted by atomic mass is 10.1. The molecule has 0 amide bonds. The third kappa shape index (κ3) is 3.96. The number of fused-ring (bicyclic) bond motifs is 1. The van der Waals surface area contributed by atoms with Gasteiger partial charge in [-0.3, -0.25) is 4.90 Å². The largest absolute Gasteiger partial charge is 0.459 e. The summed E-state index contributed by atoms with van der Waals surface area (Å²) in [6.45, 7) is 12.8. The van der Waals surface area contributed by atoms with Gasteiger partial charge in [0.1, 0.15) is 11.3 Å². The molecule has 0 radical (unpaired) electrons. The first-order valence-electron chi connectivity index (χ1n) is 7.83. The number of para-hydroxylation sites is 1. The highest BCUT2D eigenvalue weighted by atomic mass is 16.3. The molecule has 0 fully saturated rings. The van der Waals surface area contributed by atoms with Crippen molar-refractivity contribution in [3.8, 4) is 0 Å². The summed E-state index contributed by atoms with van der Waals surface area (Å²) in [5, 5.41) is 4.67. The van der Waals surface area contributed by atoms with E-state index in [1.807, 2.05) is 18.2 Å². The molecule has 1 heterocycles. The predicted octanol–water partition coefficient (Wildman–Crippen LogP) is 3.94. The summed E-state index contributed by atoms with van der Waals surface area (Å²) >= 11 is 0. The number of benzene rings is 1. The molecule has 0 aliphatic heterocycles. The Morgan fingerprint density at radius 1 is 1.29 bits per heavy atom. The Balaban J connectivity index is 2.28. The molecule has 3 heteroatoms. The zero-order valence-electron chi connectivity index (χ0n) is 13.2. The highest BCUT2D eigenvalue weighted by molar-refractivity contribution is 5.82. The van der Waals surface area contributed by atoms with E-state index >= 15 is 0 Å². The summed E-state index contributed by atoms with van der Waals surface area (Å²) in [6, 6.07) is 8.31. The Morgan fingerprint density at radius 2 is 2.10 bits per heavy atom. The first kappa shape index (κ1) is 15.8. The molecule has 1 aromatic carbocycles. The minimum absolute atomic E-state index is 0.795. The minimum Gasteiger partial charge on any atom is -0.459 e. The second-order valence-electron chi connectivity index (χ2n) is 5.29. The van der Waals surface area contributed by atoms with Crippen molar-refractivity contribution in [1.29, 1.82) is 0 Å². The van der Waals surface area contributed by atoms with Gasteiger partial charge in [0.2, 0.25) is 0 Å². The Bertz CT molecular complexity index is 574. The van der Waals surface area contributed by atoms with Crippen LogP contribution in [0.4, 0.5) is 0 Å². The van der Waals surface area contributed by atoms with Crippen LogP contribution in [0.1, 0.15) is 31.6 Å². The van der Waals surface area contributed by atoms with Gasteiger partial charge in [0, 0.05) is 24.0 Å². The average Bonchev–Trinajstić information content (AvgIpc) is 2.85. The summed E-state index contributed by atoms with van der Waals surface area (Å²) in [5.74, 6) is 1.06. The summed E-state index contributed by atoms with van der Waals surface area (Å²) in [4.78, 5) is 2.37. The number of hydrogen-bond donors (Lipinski definition) is 1. The number of nitrogens with one attached hydrogen (secondary N) is 1. The Hall–Kier alpha value is -1.58. The third-order valence-electron chi connectivity index (χ3n) is 3.71. The molecule has 0 aliphatic rings. The minimum atomic E-state index is 0.795. The monoisotopic (exact) mass is 286 g/mol. The molecule has 3 nitrogen and oxygen atoms in total. The van der Waals surface area contributed by atoms with Crippen LogP contribution in [0.2, 0.25) is 0 Å². The smallest absolute Gasteiger partial charge is 0.134 e. The fourth-order valence-electron chi connectivity index (χ4n) is 2.56. The Labute approximate surface area is 127 Å². The van der Waals surface area contributed by atoms with E-state index in [1.165, 1.54) is 10.9 Å². The molecule has 0 bridgehead atoms. The molecule has 0 saturated heterocycles. The van der Waals surface area contributed by atoms with Crippen molar-refractivity contribution in [3.63, 3.8) is 0 Å². The summed E-state index contributed by atoms with van der Waals surface area (Å²) in [5.41, 5.74) is 2.29. The van der Waals surface area contributed by atoms with Crippen molar-refractivity contribution in [2.24, 2.45) is 0 Å². The van der Waals surface area contributed by atoms with Crippen molar-refractivity contribution in [2.45, 2.75) is 33.4 Å². The topological polar surface area (TPSA) is 28.4 Å². The molecular weight excluding hydrogens is 260 g/mol. The van der Waals surface area contributed by atoms with Gasteiger partial charge in [-0.2, -0.15) is 0 Å². The predicted molar refractivity (Wildman–Crippen MR) is 89.4 cm³/mol. The van der Waals surface area contributed by atoms with Gasteiger partial charge in [0.15, 0.2) is 0 Å².